The van der Waals surface area contributed by atoms with E-state index < -0.39 is 11.7 Å². The first-order chi connectivity index (χ1) is 7.06. The van der Waals surface area contributed by atoms with Crippen LogP contribution in [0.3, 0.4) is 0 Å². The number of nitrogens with two attached hydrogens (primary N) is 1. The Morgan fingerprint density at radius 2 is 2.07 bits per heavy atom. The first-order valence-electron chi connectivity index (χ1n) is 5.66. The van der Waals surface area contributed by atoms with Gasteiger partial charge < -0.3 is 9.84 Å². The van der Waals surface area contributed by atoms with Crippen LogP contribution in [0, 0.1) is 5.92 Å². The minimum absolute atomic E-state index is 0.296. The fraction of sp³-hybridized carbons (Fsp3) is 0.909. The van der Waals surface area contributed by atoms with Crippen LogP contribution >= 0.6 is 0 Å². The molecule has 1 rings (SSSR count). The van der Waals surface area contributed by atoms with Gasteiger partial charge in [0, 0.05) is 6.42 Å². The molecule has 0 unspecified atom stereocenters. The molecule has 88 valence electrons. The molecule has 4 nitrogen and oxygen atoms in total. The Bertz CT molecular complexity index is 210. The minimum atomic E-state index is -1.80. The summed E-state index contributed by atoms with van der Waals surface area (Å²) in [4.78, 5) is 11.1. The number of hydrogen-bond acceptors (Lipinski definition) is 4. The van der Waals surface area contributed by atoms with Crippen LogP contribution in [0.25, 0.3) is 0 Å². The molecular weight excluding hydrogens is 194 g/mol. The van der Waals surface area contributed by atoms with Crippen molar-refractivity contribution in [1.29, 1.82) is 0 Å². The highest BCUT2D eigenvalue weighted by Crippen LogP contribution is 2.28. The van der Waals surface area contributed by atoms with Crippen LogP contribution in [0.1, 0.15) is 44.9 Å². The van der Waals surface area contributed by atoms with E-state index in [1.165, 1.54) is 39.2 Å². The van der Waals surface area contributed by atoms with Gasteiger partial charge in [-0.2, -0.15) is 0 Å². The van der Waals surface area contributed by atoms with Gasteiger partial charge in [0.25, 0.3) is 0 Å². The Balaban J connectivity index is 2.31. The maximum absolute atomic E-state index is 11.1. The number of ether oxygens (including phenoxy) is 1. The molecule has 0 aromatic rings. The zero-order valence-electron chi connectivity index (χ0n) is 9.37. The van der Waals surface area contributed by atoms with Crippen molar-refractivity contribution in [2.75, 3.05) is 7.11 Å². The predicted molar refractivity (Wildman–Crippen MR) is 57.0 cm³/mol. The average Bonchev–Trinajstić information content (AvgIpc) is 2.27. The highest BCUT2D eigenvalue weighted by atomic mass is 16.5. The van der Waals surface area contributed by atoms with E-state index in [0.717, 1.165) is 6.42 Å². The summed E-state index contributed by atoms with van der Waals surface area (Å²) in [5.74, 6) is -0.128. The number of rotatable bonds is 4. The van der Waals surface area contributed by atoms with Crippen LogP contribution < -0.4 is 5.73 Å². The highest BCUT2D eigenvalue weighted by Gasteiger charge is 2.32. The molecule has 1 atom stereocenters. The van der Waals surface area contributed by atoms with Gasteiger partial charge in [-0.3, -0.25) is 5.73 Å². The van der Waals surface area contributed by atoms with Gasteiger partial charge in [0.2, 0.25) is 5.72 Å². The summed E-state index contributed by atoms with van der Waals surface area (Å²) in [5, 5.41) is 9.62. The molecule has 0 bridgehead atoms. The van der Waals surface area contributed by atoms with E-state index in [9.17, 15) is 9.90 Å². The largest absolute Gasteiger partial charge is 0.466 e. The first-order valence-corrected chi connectivity index (χ1v) is 5.66. The fourth-order valence-corrected chi connectivity index (χ4v) is 2.18. The third-order valence-corrected chi connectivity index (χ3v) is 3.20. The van der Waals surface area contributed by atoms with Crippen LogP contribution in [0.2, 0.25) is 0 Å². The van der Waals surface area contributed by atoms with E-state index in [1.54, 1.807) is 0 Å². The molecule has 0 aromatic heterocycles. The lowest BCUT2D eigenvalue weighted by Crippen LogP contribution is -2.48. The van der Waals surface area contributed by atoms with Gasteiger partial charge in [-0.25, -0.2) is 4.79 Å². The van der Waals surface area contributed by atoms with Crippen LogP contribution in [-0.4, -0.2) is 23.9 Å². The van der Waals surface area contributed by atoms with Crippen molar-refractivity contribution in [3.05, 3.63) is 0 Å². The normalized spacial score (nSPS) is 22.1. The first kappa shape index (κ1) is 12.5. The van der Waals surface area contributed by atoms with E-state index >= 15 is 0 Å². The van der Waals surface area contributed by atoms with E-state index in [0.29, 0.717) is 12.3 Å². The topological polar surface area (TPSA) is 72.5 Å². The molecule has 1 aliphatic carbocycles. The van der Waals surface area contributed by atoms with Gasteiger partial charge in [-0.15, -0.1) is 0 Å². The standard InChI is InChI=1S/C11H21NO3/c1-15-10(13)11(12,14)8-7-9-5-3-2-4-6-9/h9,14H,2-8,12H2,1H3/t11-/m1/s1. The second-order valence-corrected chi connectivity index (χ2v) is 4.46. The zero-order chi connectivity index (χ0) is 11.3. The van der Waals surface area contributed by atoms with Crippen molar-refractivity contribution < 1.29 is 14.6 Å². The van der Waals surface area contributed by atoms with Crippen molar-refractivity contribution in [2.45, 2.75) is 50.7 Å². The lowest BCUT2D eigenvalue weighted by molar-refractivity contribution is -0.162. The van der Waals surface area contributed by atoms with Crippen molar-refractivity contribution in [1.82, 2.24) is 0 Å². The van der Waals surface area contributed by atoms with E-state index in [1.807, 2.05) is 0 Å². The summed E-state index contributed by atoms with van der Waals surface area (Å²) in [7, 11) is 1.24. The van der Waals surface area contributed by atoms with E-state index in [4.69, 9.17) is 5.73 Å². The van der Waals surface area contributed by atoms with Gasteiger partial charge in [-0.1, -0.05) is 32.1 Å². The van der Waals surface area contributed by atoms with Gasteiger partial charge >= 0.3 is 5.97 Å². The summed E-state index contributed by atoms with van der Waals surface area (Å²) >= 11 is 0. The van der Waals surface area contributed by atoms with E-state index in [2.05, 4.69) is 4.74 Å². The molecule has 4 heteroatoms. The van der Waals surface area contributed by atoms with Crippen LogP contribution in [0.4, 0.5) is 0 Å². The number of carbonyl (C=O) groups is 1. The Kier molecular flexibility index (Phi) is 4.54. The van der Waals surface area contributed by atoms with Crippen molar-refractivity contribution in [3.8, 4) is 0 Å². The molecule has 0 saturated heterocycles. The lowest BCUT2D eigenvalue weighted by Gasteiger charge is -2.25. The summed E-state index contributed by atoms with van der Waals surface area (Å²) in [6.45, 7) is 0. The Morgan fingerprint density at radius 3 is 2.60 bits per heavy atom. The maximum atomic E-state index is 11.1. The number of aliphatic hydroxyl groups is 1. The summed E-state index contributed by atoms with van der Waals surface area (Å²) in [6, 6.07) is 0. The molecule has 1 fully saturated rings. The second kappa shape index (κ2) is 5.47. The van der Waals surface area contributed by atoms with Gasteiger partial charge in [0.15, 0.2) is 0 Å². The molecule has 0 aliphatic heterocycles. The molecule has 3 N–H and O–H groups in total. The molecule has 1 saturated carbocycles. The zero-order valence-corrected chi connectivity index (χ0v) is 9.37. The lowest BCUT2D eigenvalue weighted by atomic mass is 9.85. The van der Waals surface area contributed by atoms with Crippen molar-refractivity contribution in [2.24, 2.45) is 11.7 Å². The summed E-state index contributed by atoms with van der Waals surface area (Å²) in [6.07, 6.45) is 7.30. The summed E-state index contributed by atoms with van der Waals surface area (Å²) < 4.78 is 4.44. The highest BCUT2D eigenvalue weighted by molar-refractivity contribution is 5.78. The van der Waals surface area contributed by atoms with Crippen LogP contribution in [0.15, 0.2) is 0 Å². The molecule has 0 amide bonds. The van der Waals surface area contributed by atoms with Gasteiger partial charge in [0.1, 0.15) is 0 Å². The number of carbonyl (C=O) groups excluding carboxylic acids is 1. The van der Waals surface area contributed by atoms with Crippen molar-refractivity contribution >= 4 is 5.97 Å². The average molecular weight is 215 g/mol. The third-order valence-electron chi connectivity index (χ3n) is 3.20. The van der Waals surface area contributed by atoms with E-state index in [-0.39, 0.29) is 0 Å². The molecule has 0 aromatic carbocycles. The van der Waals surface area contributed by atoms with Crippen molar-refractivity contribution in [3.63, 3.8) is 0 Å². The van der Waals surface area contributed by atoms with Gasteiger partial charge in [0.05, 0.1) is 7.11 Å². The Morgan fingerprint density at radius 1 is 1.47 bits per heavy atom. The molecule has 0 radical (unpaired) electrons. The van der Waals surface area contributed by atoms with Gasteiger partial charge in [-0.05, 0) is 12.3 Å². The fourth-order valence-electron chi connectivity index (χ4n) is 2.18. The minimum Gasteiger partial charge on any atom is -0.466 e. The third kappa shape index (κ3) is 3.80. The second-order valence-electron chi connectivity index (χ2n) is 4.46. The quantitative estimate of drug-likeness (QED) is 0.545. The molecular formula is C11H21NO3. The monoisotopic (exact) mass is 215 g/mol. The number of esters is 1. The van der Waals surface area contributed by atoms with Crippen LogP contribution in [0.5, 0.6) is 0 Å². The Hall–Kier alpha value is -0.610. The molecule has 15 heavy (non-hydrogen) atoms. The molecule has 0 heterocycles. The Labute approximate surface area is 90.8 Å². The predicted octanol–water partition coefficient (Wildman–Crippen LogP) is 1.17. The summed E-state index contributed by atoms with van der Waals surface area (Å²) in [5.41, 5.74) is 3.67. The molecule has 0 spiro atoms. The molecule has 1 aliphatic rings. The number of hydrogen-bond donors (Lipinski definition) is 2. The van der Waals surface area contributed by atoms with Crippen LogP contribution in [-0.2, 0) is 9.53 Å². The smallest absolute Gasteiger partial charge is 0.353 e. The number of methoxy groups -OCH3 is 1. The SMILES string of the molecule is COC(=O)[C@](N)(O)CCC1CCCCC1. The maximum Gasteiger partial charge on any atom is 0.353 e.